The van der Waals surface area contributed by atoms with Crippen molar-refractivity contribution in [1.82, 2.24) is 0 Å². The number of hydrogen-bond donors (Lipinski definition) is 0. The van der Waals surface area contributed by atoms with Crippen LogP contribution in [-0.4, -0.2) is 18.0 Å². The molecule has 0 radical (unpaired) electrons. The van der Waals surface area contributed by atoms with Crippen LogP contribution in [0.2, 0.25) is 0 Å². The topological polar surface area (TPSA) is 0 Å². The molecule has 0 unspecified atom stereocenters. The van der Waals surface area contributed by atoms with E-state index in [1.807, 2.05) is 0 Å². The molecule has 1 aromatic carbocycles. The van der Waals surface area contributed by atoms with Crippen LogP contribution in [0.25, 0.3) is 3.58 Å². The highest BCUT2D eigenvalue weighted by atomic mass is 127. The third-order valence-electron chi connectivity index (χ3n) is 2.13. The second kappa shape index (κ2) is 5.29. The van der Waals surface area contributed by atoms with Crippen molar-refractivity contribution >= 4 is 26.2 Å². The SMILES string of the molecule is FC(F)(F)C(F)(F)C(F)(F)/C=C(\I)c1ccccc1. The van der Waals surface area contributed by atoms with E-state index >= 15 is 0 Å². The van der Waals surface area contributed by atoms with Gasteiger partial charge in [0.05, 0.1) is 0 Å². The normalized spacial score (nSPS) is 14.6. The van der Waals surface area contributed by atoms with Gasteiger partial charge in [-0.2, -0.15) is 30.7 Å². The second-order valence-electron chi connectivity index (χ2n) is 3.55. The quantitative estimate of drug-likeness (QED) is 0.479. The minimum atomic E-state index is -6.32. The third-order valence-corrected chi connectivity index (χ3v) is 3.07. The molecule has 8 heteroatoms. The van der Waals surface area contributed by atoms with E-state index in [-0.39, 0.29) is 11.6 Å². The molecule has 0 N–H and O–H groups in total. The summed E-state index contributed by atoms with van der Waals surface area (Å²) in [5.41, 5.74) is 0.126. The van der Waals surface area contributed by atoms with Gasteiger partial charge in [-0.1, -0.05) is 30.3 Å². The minimum Gasteiger partial charge on any atom is -0.195 e. The van der Waals surface area contributed by atoms with Crippen LogP contribution < -0.4 is 0 Å². The summed E-state index contributed by atoms with van der Waals surface area (Å²) in [7, 11) is 0. The van der Waals surface area contributed by atoms with Crippen molar-refractivity contribution < 1.29 is 30.7 Å². The lowest BCUT2D eigenvalue weighted by Crippen LogP contribution is -2.50. The fraction of sp³-hybridized carbons (Fsp3) is 0.273. The van der Waals surface area contributed by atoms with E-state index in [0.717, 1.165) is 0 Å². The number of hydrogen-bond acceptors (Lipinski definition) is 0. The first-order valence-electron chi connectivity index (χ1n) is 4.75. The van der Waals surface area contributed by atoms with E-state index < -0.39 is 21.6 Å². The van der Waals surface area contributed by atoms with Crippen LogP contribution in [0.4, 0.5) is 30.7 Å². The molecule has 0 aliphatic rings. The Bertz CT molecular complexity index is 462. The van der Waals surface area contributed by atoms with Gasteiger partial charge in [-0.05, 0) is 28.2 Å². The van der Waals surface area contributed by atoms with Crippen LogP contribution in [0.1, 0.15) is 5.56 Å². The molecular formula is C11H6F7I. The predicted molar refractivity (Wildman–Crippen MR) is 64.4 cm³/mol. The highest BCUT2D eigenvalue weighted by Crippen LogP contribution is 2.48. The summed E-state index contributed by atoms with van der Waals surface area (Å²) < 4.78 is 86.9. The summed E-state index contributed by atoms with van der Waals surface area (Å²) in [6, 6.07) is 7.08. The van der Waals surface area contributed by atoms with Gasteiger partial charge in [0, 0.05) is 9.66 Å². The zero-order valence-corrected chi connectivity index (χ0v) is 11.1. The number of alkyl halides is 7. The van der Waals surface area contributed by atoms with E-state index in [1.54, 1.807) is 6.07 Å². The summed E-state index contributed by atoms with van der Waals surface area (Å²) in [6.45, 7) is 0. The number of benzene rings is 1. The summed E-state index contributed by atoms with van der Waals surface area (Å²) >= 11 is 1.28. The molecule has 106 valence electrons. The van der Waals surface area contributed by atoms with Crippen LogP contribution in [0.5, 0.6) is 0 Å². The molecule has 0 aliphatic carbocycles. The Labute approximate surface area is 117 Å². The monoisotopic (exact) mass is 398 g/mol. The molecule has 0 bridgehead atoms. The average Bonchev–Trinajstić information content (AvgIpc) is 2.28. The first kappa shape index (κ1) is 16.3. The molecule has 19 heavy (non-hydrogen) atoms. The first-order chi connectivity index (χ1) is 8.49. The maximum absolute atomic E-state index is 13.1. The minimum absolute atomic E-state index is 0.126. The van der Waals surface area contributed by atoms with Crippen LogP contribution >= 0.6 is 22.6 Å². The maximum Gasteiger partial charge on any atom is 0.460 e. The van der Waals surface area contributed by atoms with Crippen molar-refractivity contribution in [2.24, 2.45) is 0 Å². The van der Waals surface area contributed by atoms with E-state index in [0.29, 0.717) is 0 Å². The van der Waals surface area contributed by atoms with Gasteiger partial charge in [0.25, 0.3) is 0 Å². The average molecular weight is 398 g/mol. The highest BCUT2D eigenvalue weighted by Gasteiger charge is 2.72. The fourth-order valence-corrected chi connectivity index (χ4v) is 1.87. The van der Waals surface area contributed by atoms with Crippen LogP contribution in [0.3, 0.4) is 0 Å². The van der Waals surface area contributed by atoms with Gasteiger partial charge in [-0.15, -0.1) is 0 Å². The van der Waals surface area contributed by atoms with Crippen molar-refractivity contribution in [2.75, 3.05) is 0 Å². The molecule has 0 heterocycles. The predicted octanol–water partition coefficient (Wildman–Crippen LogP) is 5.30. The van der Waals surface area contributed by atoms with Gasteiger partial charge >= 0.3 is 18.0 Å². The zero-order chi connectivity index (χ0) is 14.9. The van der Waals surface area contributed by atoms with Crippen molar-refractivity contribution in [2.45, 2.75) is 18.0 Å². The molecule has 0 fully saturated rings. The Morgan fingerprint density at radius 1 is 0.895 bits per heavy atom. The molecular weight excluding hydrogens is 392 g/mol. The smallest absolute Gasteiger partial charge is 0.195 e. The van der Waals surface area contributed by atoms with Gasteiger partial charge in [-0.3, -0.25) is 0 Å². The molecule has 0 saturated heterocycles. The standard InChI is InChI=1S/C11H6F7I/c12-9(13,10(14,15)11(16,17)18)6-8(19)7-4-2-1-3-5-7/h1-6H/b8-6-. The first-order valence-corrected chi connectivity index (χ1v) is 5.83. The Kier molecular flexibility index (Phi) is 4.53. The third kappa shape index (κ3) is 3.40. The van der Waals surface area contributed by atoms with E-state index in [2.05, 4.69) is 0 Å². The number of rotatable bonds is 3. The Hall–Kier alpha value is -0.800. The van der Waals surface area contributed by atoms with Crippen molar-refractivity contribution in [3.8, 4) is 0 Å². The zero-order valence-electron chi connectivity index (χ0n) is 8.99. The second-order valence-corrected chi connectivity index (χ2v) is 4.72. The summed E-state index contributed by atoms with van der Waals surface area (Å²) in [6.07, 6.45) is -6.70. The summed E-state index contributed by atoms with van der Waals surface area (Å²) in [5.74, 6) is -11.4. The van der Waals surface area contributed by atoms with Gasteiger partial charge in [0.15, 0.2) is 0 Å². The molecule has 0 atom stereocenters. The largest absolute Gasteiger partial charge is 0.460 e. The number of halogens is 8. The molecule has 1 rings (SSSR count). The molecule has 0 aromatic heterocycles. The van der Waals surface area contributed by atoms with Gasteiger partial charge < -0.3 is 0 Å². The Balaban J connectivity index is 3.16. The van der Waals surface area contributed by atoms with Crippen molar-refractivity contribution in [3.05, 3.63) is 42.0 Å². The maximum atomic E-state index is 13.1. The lowest BCUT2D eigenvalue weighted by atomic mass is 10.1. The van der Waals surface area contributed by atoms with Crippen LogP contribution in [0.15, 0.2) is 36.4 Å². The van der Waals surface area contributed by atoms with Gasteiger partial charge in [0.1, 0.15) is 0 Å². The van der Waals surface area contributed by atoms with E-state index in [4.69, 9.17) is 0 Å². The van der Waals surface area contributed by atoms with Crippen LogP contribution in [-0.2, 0) is 0 Å². The van der Waals surface area contributed by atoms with Crippen LogP contribution in [0, 0.1) is 0 Å². The van der Waals surface area contributed by atoms with Crippen molar-refractivity contribution in [3.63, 3.8) is 0 Å². The molecule has 0 aliphatic heterocycles. The highest BCUT2D eigenvalue weighted by molar-refractivity contribution is 14.1. The lowest BCUT2D eigenvalue weighted by Gasteiger charge is -2.26. The summed E-state index contributed by atoms with van der Waals surface area (Å²) in [4.78, 5) is 0. The lowest BCUT2D eigenvalue weighted by molar-refractivity contribution is -0.341. The Morgan fingerprint density at radius 3 is 1.79 bits per heavy atom. The van der Waals surface area contributed by atoms with Gasteiger partial charge in [-0.25, -0.2) is 0 Å². The molecule has 0 nitrogen and oxygen atoms in total. The molecule has 0 spiro atoms. The van der Waals surface area contributed by atoms with Crippen molar-refractivity contribution in [1.29, 1.82) is 0 Å². The molecule has 0 amide bonds. The number of allylic oxidation sites excluding steroid dienone is 1. The molecule has 0 saturated carbocycles. The Morgan fingerprint density at radius 2 is 1.37 bits per heavy atom. The summed E-state index contributed by atoms with van der Waals surface area (Å²) in [5, 5.41) is 0. The molecule has 1 aromatic rings. The van der Waals surface area contributed by atoms with Gasteiger partial charge in [0.2, 0.25) is 0 Å². The van der Waals surface area contributed by atoms with E-state index in [9.17, 15) is 30.7 Å². The fourth-order valence-electron chi connectivity index (χ4n) is 1.12. The van der Waals surface area contributed by atoms with E-state index in [1.165, 1.54) is 46.9 Å².